The molecule has 1 atom stereocenters. The van der Waals surface area contributed by atoms with Crippen molar-refractivity contribution < 1.29 is 5.11 Å². The average Bonchev–Trinajstić information content (AvgIpc) is 2.68. The standard InChI is InChI=1S/C20H31N3OS/c24-19(17-7-3-1-4-8-17)11-12-22-13-15-23(16-14-22)20(25)21-18-9-5-2-6-10-18/h1,3-4,7-8,18-19,24H,2,5-6,9-16H2,(H,21,25). The maximum absolute atomic E-state index is 10.3. The van der Waals surface area contributed by atoms with Gasteiger partial charge in [-0.1, -0.05) is 49.6 Å². The van der Waals surface area contributed by atoms with Gasteiger partial charge in [-0.3, -0.25) is 4.90 Å². The molecule has 1 aliphatic carbocycles. The Kier molecular flexibility index (Phi) is 7.08. The summed E-state index contributed by atoms with van der Waals surface area (Å²) in [5, 5.41) is 14.8. The predicted molar refractivity (Wildman–Crippen MR) is 107 cm³/mol. The molecule has 138 valence electrons. The first-order chi connectivity index (χ1) is 12.2. The summed E-state index contributed by atoms with van der Waals surface area (Å²) in [6.07, 6.45) is 6.98. The first kappa shape index (κ1) is 18.6. The fourth-order valence-corrected chi connectivity index (χ4v) is 4.18. The van der Waals surface area contributed by atoms with Crippen LogP contribution in [0.5, 0.6) is 0 Å². The van der Waals surface area contributed by atoms with E-state index in [1.165, 1.54) is 32.1 Å². The maximum atomic E-state index is 10.3. The Morgan fingerprint density at radius 1 is 1.08 bits per heavy atom. The number of hydrogen-bond acceptors (Lipinski definition) is 3. The van der Waals surface area contributed by atoms with Crippen LogP contribution in [0.25, 0.3) is 0 Å². The average molecular weight is 362 g/mol. The van der Waals surface area contributed by atoms with Crippen molar-refractivity contribution in [3.05, 3.63) is 35.9 Å². The van der Waals surface area contributed by atoms with Gasteiger partial charge < -0.3 is 15.3 Å². The minimum absolute atomic E-state index is 0.367. The van der Waals surface area contributed by atoms with Crippen LogP contribution < -0.4 is 5.32 Å². The lowest BCUT2D eigenvalue weighted by atomic mass is 9.96. The van der Waals surface area contributed by atoms with Crippen LogP contribution in [0.1, 0.15) is 50.2 Å². The number of piperazine rings is 1. The van der Waals surface area contributed by atoms with E-state index in [0.717, 1.165) is 49.8 Å². The minimum Gasteiger partial charge on any atom is -0.388 e. The molecular formula is C20H31N3OS. The van der Waals surface area contributed by atoms with Crippen LogP contribution in [0.3, 0.4) is 0 Å². The van der Waals surface area contributed by atoms with Crippen LogP contribution in [-0.2, 0) is 0 Å². The topological polar surface area (TPSA) is 38.7 Å². The highest BCUT2D eigenvalue weighted by atomic mass is 32.1. The van der Waals surface area contributed by atoms with Gasteiger partial charge in [-0.05, 0) is 37.0 Å². The third kappa shape index (κ3) is 5.66. The van der Waals surface area contributed by atoms with E-state index in [1.807, 2.05) is 30.3 Å². The van der Waals surface area contributed by atoms with Crippen molar-refractivity contribution in [3.63, 3.8) is 0 Å². The SMILES string of the molecule is OC(CCN1CCN(C(=S)NC2CCCCC2)CC1)c1ccccc1. The van der Waals surface area contributed by atoms with Crippen molar-refractivity contribution in [2.45, 2.75) is 50.7 Å². The van der Waals surface area contributed by atoms with E-state index in [4.69, 9.17) is 12.2 Å². The molecule has 4 nitrogen and oxygen atoms in total. The first-order valence-corrected chi connectivity index (χ1v) is 10.1. The molecule has 25 heavy (non-hydrogen) atoms. The Labute approximate surface area is 157 Å². The number of benzene rings is 1. The molecule has 1 aromatic carbocycles. The van der Waals surface area contributed by atoms with Crippen molar-refractivity contribution in [1.29, 1.82) is 0 Å². The van der Waals surface area contributed by atoms with Crippen LogP contribution in [0, 0.1) is 0 Å². The molecule has 5 heteroatoms. The molecule has 0 spiro atoms. The van der Waals surface area contributed by atoms with E-state index in [-0.39, 0.29) is 6.10 Å². The van der Waals surface area contributed by atoms with Crippen LogP contribution >= 0.6 is 12.2 Å². The fourth-order valence-electron chi connectivity index (χ4n) is 3.83. The zero-order chi connectivity index (χ0) is 17.5. The first-order valence-electron chi connectivity index (χ1n) is 9.73. The van der Waals surface area contributed by atoms with Crippen molar-refractivity contribution in [2.75, 3.05) is 32.7 Å². The largest absolute Gasteiger partial charge is 0.388 e. The van der Waals surface area contributed by atoms with Gasteiger partial charge in [-0.15, -0.1) is 0 Å². The minimum atomic E-state index is -0.367. The van der Waals surface area contributed by atoms with Crippen LogP contribution in [0.15, 0.2) is 30.3 Å². The highest BCUT2D eigenvalue weighted by molar-refractivity contribution is 7.80. The van der Waals surface area contributed by atoms with E-state index in [1.54, 1.807) is 0 Å². The van der Waals surface area contributed by atoms with Gasteiger partial charge in [0.05, 0.1) is 6.10 Å². The maximum Gasteiger partial charge on any atom is 0.169 e. The molecule has 2 fully saturated rings. The lowest BCUT2D eigenvalue weighted by molar-refractivity contribution is 0.122. The number of aliphatic hydroxyl groups excluding tert-OH is 1. The molecule has 1 aliphatic heterocycles. The summed E-state index contributed by atoms with van der Waals surface area (Å²) in [6.45, 7) is 4.95. The number of nitrogens with one attached hydrogen (secondary N) is 1. The van der Waals surface area contributed by atoms with Gasteiger partial charge in [0.25, 0.3) is 0 Å². The predicted octanol–water partition coefficient (Wildman–Crippen LogP) is 2.93. The zero-order valence-electron chi connectivity index (χ0n) is 15.1. The van der Waals surface area contributed by atoms with Crippen molar-refractivity contribution in [2.24, 2.45) is 0 Å². The van der Waals surface area contributed by atoms with Crippen LogP contribution in [0.4, 0.5) is 0 Å². The molecule has 2 aliphatic rings. The highest BCUT2D eigenvalue weighted by Crippen LogP contribution is 2.19. The van der Waals surface area contributed by atoms with E-state index in [9.17, 15) is 5.11 Å². The lowest BCUT2D eigenvalue weighted by Crippen LogP contribution is -2.53. The van der Waals surface area contributed by atoms with Gasteiger partial charge in [0.2, 0.25) is 0 Å². The molecule has 2 N–H and O–H groups in total. The number of rotatable bonds is 5. The van der Waals surface area contributed by atoms with Gasteiger partial charge in [-0.25, -0.2) is 0 Å². The third-order valence-electron chi connectivity index (χ3n) is 5.50. The molecule has 1 unspecified atom stereocenters. The lowest BCUT2D eigenvalue weighted by Gasteiger charge is -2.38. The fraction of sp³-hybridized carbons (Fsp3) is 0.650. The van der Waals surface area contributed by atoms with Crippen molar-refractivity contribution >= 4 is 17.3 Å². The molecule has 0 bridgehead atoms. The molecular weight excluding hydrogens is 330 g/mol. The van der Waals surface area contributed by atoms with Gasteiger partial charge in [0.15, 0.2) is 5.11 Å². The Hall–Kier alpha value is -1.17. The molecule has 0 radical (unpaired) electrons. The number of aliphatic hydroxyl groups is 1. The van der Waals surface area contributed by atoms with Gasteiger partial charge in [0.1, 0.15) is 0 Å². The van der Waals surface area contributed by atoms with E-state index >= 15 is 0 Å². The van der Waals surface area contributed by atoms with E-state index in [0.29, 0.717) is 6.04 Å². The van der Waals surface area contributed by atoms with E-state index < -0.39 is 0 Å². The monoisotopic (exact) mass is 361 g/mol. The second-order valence-electron chi connectivity index (χ2n) is 7.33. The van der Waals surface area contributed by atoms with Crippen molar-refractivity contribution in [1.82, 2.24) is 15.1 Å². The zero-order valence-corrected chi connectivity index (χ0v) is 15.9. The Bertz CT molecular complexity index is 525. The van der Waals surface area contributed by atoms with Crippen molar-refractivity contribution in [3.8, 4) is 0 Å². The second-order valence-corrected chi connectivity index (χ2v) is 7.71. The summed E-state index contributed by atoms with van der Waals surface area (Å²) in [6, 6.07) is 10.5. The number of nitrogens with zero attached hydrogens (tertiary/aromatic N) is 2. The summed E-state index contributed by atoms with van der Waals surface area (Å²) in [5.74, 6) is 0. The molecule has 1 heterocycles. The Balaban J connectivity index is 1.36. The normalized spacial score (nSPS) is 21.1. The molecule has 0 aromatic heterocycles. The second kappa shape index (κ2) is 9.51. The molecule has 1 saturated carbocycles. The third-order valence-corrected chi connectivity index (χ3v) is 5.87. The Morgan fingerprint density at radius 2 is 1.76 bits per heavy atom. The highest BCUT2D eigenvalue weighted by Gasteiger charge is 2.22. The summed E-state index contributed by atoms with van der Waals surface area (Å²) >= 11 is 5.62. The van der Waals surface area contributed by atoms with E-state index in [2.05, 4.69) is 15.1 Å². The quantitative estimate of drug-likeness (QED) is 0.789. The number of thiocarbonyl (C=S) groups is 1. The number of hydrogen-bond donors (Lipinski definition) is 2. The molecule has 3 rings (SSSR count). The molecule has 0 amide bonds. The van der Waals surface area contributed by atoms with Gasteiger partial charge in [0, 0.05) is 38.8 Å². The summed E-state index contributed by atoms with van der Waals surface area (Å²) in [4.78, 5) is 4.75. The van der Waals surface area contributed by atoms with Crippen LogP contribution in [-0.4, -0.2) is 58.8 Å². The smallest absolute Gasteiger partial charge is 0.169 e. The molecule has 1 saturated heterocycles. The molecule has 1 aromatic rings. The van der Waals surface area contributed by atoms with Gasteiger partial charge >= 0.3 is 0 Å². The summed E-state index contributed by atoms with van der Waals surface area (Å²) in [7, 11) is 0. The van der Waals surface area contributed by atoms with Crippen LogP contribution in [0.2, 0.25) is 0 Å². The summed E-state index contributed by atoms with van der Waals surface area (Å²) < 4.78 is 0. The summed E-state index contributed by atoms with van der Waals surface area (Å²) in [5.41, 5.74) is 1.01. The Morgan fingerprint density at radius 3 is 2.44 bits per heavy atom. The van der Waals surface area contributed by atoms with Gasteiger partial charge in [-0.2, -0.15) is 0 Å².